The lowest BCUT2D eigenvalue weighted by molar-refractivity contribution is -0.401. The maximum atomic E-state index is 11.8. The fourth-order valence-corrected chi connectivity index (χ4v) is 3.27. The maximum absolute atomic E-state index is 11.8. The first-order valence-electron chi connectivity index (χ1n) is 6.58. The van der Waals surface area contributed by atoms with Crippen LogP contribution in [0.25, 0.3) is 10.8 Å². The van der Waals surface area contributed by atoms with Crippen LogP contribution < -0.4 is 4.74 Å². The first-order chi connectivity index (χ1) is 11.6. The minimum Gasteiger partial charge on any atom is -0.426 e. The number of esters is 1. The van der Waals surface area contributed by atoms with Crippen molar-refractivity contribution in [3.8, 4) is 16.5 Å². The molecular formula is C14H9N3O5S2. The van der Waals surface area contributed by atoms with Gasteiger partial charge in [-0.25, -0.2) is 0 Å². The van der Waals surface area contributed by atoms with E-state index in [2.05, 4.69) is 10.2 Å². The molecule has 0 fully saturated rings. The number of carbonyl (C=O) groups is 1. The highest BCUT2D eigenvalue weighted by Gasteiger charge is 2.17. The van der Waals surface area contributed by atoms with Gasteiger partial charge in [-0.1, -0.05) is 41.3 Å². The van der Waals surface area contributed by atoms with Crippen LogP contribution in [0.2, 0.25) is 0 Å². The van der Waals surface area contributed by atoms with E-state index in [0.717, 1.165) is 0 Å². The topological polar surface area (TPSA) is 108 Å². The second-order valence-electron chi connectivity index (χ2n) is 4.34. The molecule has 0 aliphatic rings. The minimum atomic E-state index is -0.625. The monoisotopic (exact) mass is 363 g/mol. The highest BCUT2D eigenvalue weighted by atomic mass is 32.2. The average molecular weight is 363 g/mol. The van der Waals surface area contributed by atoms with Gasteiger partial charge in [0.25, 0.3) is 0 Å². The van der Waals surface area contributed by atoms with Gasteiger partial charge in [0.15, 0.2) is 15.1 Å². The molecular weight excluding hydrogens is 354 g/mol. The Morgan fingerprint density at radius 2 is 2.04 bits per heavy atom. The molecule has 0 spiro atoms. The molecule has 8 nitrogen and oxygen atoms in total. The maximum Gasteiger partial charge on any atom is 0.433 e. The molecule has 0 aliphatic carbocycles. The Kier molecular flexibility index (Phi) is 4.87. The molecule has 1 aromatic carbocycles. The molecule has 10 heteroatoms. The second kappa shape index (κ2) is 7.23. The number of benzene rings is 1. The first-order valence-corrected chi connectivity index (χ1v) is 8.38. The summed E-state index contributed by atoms with van der Waals surface area (Å²) < 4.78 is 10.8. The molecule has 2 aromatic heterocycles. The van der Waals surface area contributed by atoms with Crippen LogP contribution in [-0.4, -0.2) is 26.8 Å². The van der Waals surface area contributed by atoms with Gasteiger partial charge in [0.2, 0.25) is 0 Å². The van der Waals surface area contributed by atoms with Gasteiger partial charge in [0, 0.05) is 0 Å². The molecule has 122 valence electrons. The highest BCUT2D eigenvalue weighted by Crippen LogP contribution is 2.32. The first kappa shape index (κ1) is 16.1. The van der Waals surface area contributed by atoms with Gasteiger partial charge in [-0.15, -0.1) is 10.2 Å². The largest absolute Gasteiger partial charge is 0.433 e. The van der Waals surface area contributed by atoms with E-state index in [-0.39, 0.29) is 17.4 Å². The molecule has 2 heterocycles. The van der Waals surface area contributed by atoms with Crippen molar-refractivity contribution in [2.75, 3.05) is 5.75 Å². The number of thioether (sulfide) groups is 1. The quantitative estimate of drug-likeness (QED) is 0.215. The number of nitro groups is 1. The van der Waals surface area contributed by atoms with Gasteiger partial charge in [0.1, 0.15) is 10.7 Å². The van der Waals surface area contributed by atoms with E-state index in [1.54, 1.807) is 24.3 Å². The van der Waals surface area contributed by atoms with E-state index in [4.69, 9.17) is 9.15 Å². The van der Waals surface area contributed by atoms with Crippen LogP contribution in [0.3, 0.4) is 0 Å². The zero-order chi connectivity index (χ0) is 16.9. The summed E-state index contributed by atoms with van der Waals surface area (Å²) in [7, 11) is 0. The van der Waals surface area contributed by atoms with Crippen LogP contribution in [0.5, 0.6) is 5.75 Å². The van der Waals surface area contributed by atoms with Gasteiger partial charge in [-0.05, 0) is 18.2 Å². The highest BCUT2D eigenvalue weighted by molar-refractivity contribution is 8.01. The molecule has 0 atom stereocenters. The minimum absolute atomic E-state index is 0.0713. The number of rotatable bonds is 6. The summed E-state index contributed by atoms with van der Waals surface area (Å²) in [6.07, 6.45) is 0. The van der Waals surface area contributed by atoms with Crippen molar-refractivity contribution in [3.05, 3.63) is 52.6 Å². The van der Waals surface area contributed by atoms with E-state index >= 15 is 0 Å². The molecule has 0 bridgehead atoms. The van der Waals surface area contributed by atoms with Crippen molar-refractivity contribution >= 4 is 35.0 Å². The zero-order valence-electron chi connectivity index (χ0n) is 11.9. The number of para-hydroxylation sites is 1. The lowest BCUT2D eigenvalue weighted by atomic mass is 10.3. The summed E-state index contributed by atoms with van der Waals surface area (Å²) in [5.74, 6) is 0.0428. The Bertz CT molecular complexity index is 862. The van der Waals surface area contributed by atoms with Gasteiger partial charge in [0.05, 0.1) is 11.8 Å². The summed E-state index contributed by atoms with van der Waals surface area (Å²) in [6.45, 7) is 0. The van der Waals surface area contributed by atoms with Crippen molar-refractivity contribution in [2.45, 2.75) is 4.34 Å². The molecule has 0 saturated carbocycles. The summed E-state index contributed by atoms with van der Waals surface area (Å²) in [4.78, 5) is 21.7. The second-order valence-corrected chi connectivity index (χ2v) is 6.54. The standard InChI is InChI=1S/C14H9N3O5S2/c18-12(21-9-4-2-1-3-5-9)8-23-14-16-15-13(24-14)10-6-7-11(22-10)17(19)20/h1-7H,8H2. The summed E-state index contributed by atoms with van der Waals surface area (Å²) in [5, 5.41) is 18.8. The third-order valence-electron chi connectivity index (χ3n) is 2.68. The Morgan fingerprint density at radius 3 is 2.75 bits per heavy atom. The zero-order valence-corrected chi connectivity index (χ0v) is 13.6. The molecule has 0 aliphatic heterocycles. The van der Waals surface area contributed by atoms with E-state index < -0.39 is 10.9 Å². The number of ether oxygens (including phenoxy) is 1. The van der Waals surface area contributed by atoms with Crippen LogP contribution in [0.1, 0.15) is 0 Å². The van der Waals surface area contributed by atoms with Crippen LogP contribution in [-0.2, 0) is 4.79 Å². The number of hydrogen-bond donors (Lipinski definition) is 0. The van der Waals surface area contributed by atoms with E-state index in [9.17, 15) is 14.9 Å². The predicted octanol–water partition coefficient (Wildman–Crippen LogP) is 3.40. The van der Waals surface area contributed by atoms with E-state index in [0.29, 0.717) is 15.1 Å². The van der Waals surface area contributed by atoms with Crippen molar-refractivity contribution in [2.24, 2.45) is 0 Å². The lowest BCUT2D eigenvalue weighted by Crippen LogP contribution is -2.10. The predicted molar refractivity (Wildman–Crippen MR) is 87.1 cm³/mol. The van der Waals surface area contributed by atoms with Crippen LogP contribution in [0, 0.1) is 10.1 Å². The fourth-order valence-electron chi connectivity index (χ4n) is 1.68. The average Bonchev–Trinajstić information content (AvgIpc) is 3.23. The Labute approximate surface area is 143 Å². The lowest BCUT2D eigenvalue weighted by Gasteiger charge is -2.01. The van der Waals surface area contributed by atoms with Crippen LogP contribution in [0.15, 0.2) is 51.2 Å². The van der Waals surface area contributed by atoms with Gasteiger partial charge in [-0.2, -0.15) is 0 Å². The number of aromatic nitrogens is 2. The van der Waals surface area contributed by atoms with Gasteiger partial charge < -0.3 is 9.15 Å². The third kappa shape index (κ3) is 3.97. The molecule has 0 radical (unpaired) electrons. The van der Waals surface area contributed by atoms with Crippen molar-refractivity contribution in [1.29, 1.82) is 0 Å². The normalized spacial score (nSPS) is 10.5. The molecule has 3 rings (SSSR count). The van der Waals surface area contributed by atoms with Gasteiger partial charge >= 0.3 is 11.9 Å². The van der Waals surface area contributed by atoms with Crippen molar-refractivity contribution in [3.63, 3.8) is 0 Å². The number of hydrogen-bond acceptors (Lipinski definition) is 9. The van der Waals surface area contributed by atoms with Crippen LogP contribution >= 0.6 is 23.1 Å². The molecule has 0 amide bonds. The number of nitrogens with zero attached hydrogens (tertiary/aromatic N) is 3. The Morgan fingerprint density at radius 1 is 1.25 bits per heavy atom. The molecule has 0 saturated heterocycles. The molecule has 0 N–H and O–H groups in total. The SMILES string of the molecule is O=C(CSc1nnc(-c2ccc([N+](=O)[O-])o2)s1)Oc1ccccc1. The Hall–Kier alpha value is -2.72. The summed E-state index contributed by atoms with van der Waals surface area (Å²) >= 11 is 2.35. The molecule has 24 heavy (non-hydrogen) atoms. The third-order valence-corrected chi connectivity index (χ3v) is 4.72. The smallest absolute Gasteiger partial charge is 0.426 e. The molecule has 0 unspecified atom stereocenters. The summed E-state index contributed by atoms with van der Waals surface area (Å²) in [5.41, 5.74) is 0. The molecule has 3 aromatic rings. The van der Waals surface area contributed by atoms with Crippen molar-refractivity contribution in [1.82, 2.24) is 10.2 Å². The number of furan rings is 1. The van der Waals surface area contributed by atoms with Crippen molar-refractivity contribution < 1.29 is 18.9 Å². The summed E-state index contributed by atoms with van der Waals surface area (Å²) in [6, 6.07) is 11.5. The fraction of sp³-hybridized carbons (Fsp3) is 0.0714. The van der Waals surface area contributed by atoms with E-state index in [1.165, 1.54) is 35.2 Å². The Balaban J connectivity index is 1.57. The number of carbonyl (C=O) groups excluding carboxylic acids is 1. The van der Waals surface area contributed by atoms with Crippen LogP contribution in [0.4, 0.5) is 5.88 Å². The van der Waals surface area contributed by atoms with Gasteiger partial charge in [-0.3, -0.25) is 14.9 Å². The van der Waals surface area contributed by atoms with E-state index in [1.807, 2.05) is 6.07 Å².